The number of amides is 1. The summed E-state index contributed by atoms with van der Waals surface area (Å²) in [5.41, 5.74) is 2.45. The van der Waals surface area contributed by atoms with Gasteiger partial charge in [0, 0.05) is 0 Å². The summed E-state index contributed by atoms with van der Waals surface area (Å²) in [4.78, 5) is 12.4. The Morgan fingerprint density at radius 1 is 1.39 bits per heavy atom. The molecule has 1 N–H and O–H groups in total. The highest BCUT2D eigenvalue weighted by Gasteiger charge is 2.27. The maximum Gasteiger partial charge on any atom is 0.273 e. The summed E-state index contributed by atoms with van der Waals surface area (Å²) < 4.78 is 7.10. The average Bonchev–Trinajstić information content (AvgIpc) is 3.14. The van der Waals surface area contributed by atoms with E-state index >= 15 is 0 Å². The zero-order valence-electron chi connectivity index (χ0n) is 14.0. The third kappa shape index (κ3) is 2.93. The highest BCUT2D eigenvalue weighted by atomic mass is 16.5. The number of carbonyl (C=O) groups is 1. The van der Waals surface area contributed by atoms with Crippen molar-refractivity contribution in [3.8, 4) is 5.75 Å². The number of nitrogens with one attached hydrogen (secondary N) is 1. The Morgan fingerprint density at radius 2 is 2.17 bits per heavy atom. The minimum Gasteiger partial charge on any atom is -0.496 e. The van der Waals surface area contributed by atoms with E-state index < -0.39 is 0 Å². The second-order valence-corrected chi connectivity index (χ2v) is 6.81. The van der Waals surface area contributed by atoms with Gasteiger partial charge >= 0.3 is 0 Å². The number of nitrogens with zero attached hydrogens (tertiary/aromatic N) is 3. The van der Waals surface area contributed by atoms with Crippen LogP contribution in [0, 0.1) is 0 Å². The van der Waals surface area contributed by atoms with Gasteiger partial charge in [-0.2, -0.15) is 0 Å². The molecule has 0 radical (unpaired) electrons. The first kappa shape index (κ1) is 15.5. The molecule has 23 heavy (non-hydrogen) atoms. The van der Waals surface area contributed by atoms with E-state index in [0.717, 1.165) is 24.2 Å². The fraction of sp³-hybridized carbons (Fsp3) is 0.471. The van der Waals surface area contributed by atoms with Crippen LogP contribution < -0.4 is 10.1 Å². The molecule has 1 heterocycles. The van der Waals surface area contributed by atoms with Gasteiger partial charge in [-0.25, -0.2) is 4.68 Å². The predicted molar refractivity (Wildman–Crippen MR) is 86.5 cm³/mol. The third-order valence-electron chi connectivity index (χ3n) is 4.17. The number of benzene rings is 1. The molecule has 1 aliphatic rings. The van der Waals surface area contributed by atoms with Crippen LogP contribution in [0.3, 0.4) is 0 Å². The minimum absolute atomic E-state index is 0.00705. The van der Waals surface area contributed by atoms with Crippen molar-refractivity contribution in [3.63, 3.8) is 0 Å². The summed E-state index contributed by atoms with van der Waals surface area (Å²) in [6, 6.07) is 5.95. The van der Waals surface area contributed by atoms with Crippen molar-refractivity contribution in [2.75, 3.05) is 7.11 Å². The third-order valence-corrected chi connectivity index (χ3v) is 4.17. The molecule has 0 saturated carbocycles. The first-order valence-electron chi connectivity index (χ1n) is 7.79. The Kier molecular flexibility index (Phi) is 3.83. The molecule has 0 spiro atoms. The molecule has 0 bridgehead atoms. The Hall–Kier alpha value is -2.37. The summed E-state index contributed by atoms with van der Waals surface area (Å²) in [5, 5.41) is 11.1. The van der Waals surface area contributed by atoms with Crippen molar-refractivity contribution in [2.24, 2.45) is 0 Å². The smallest absolute Gasteiger partial charge is 0.273 e. The van der Waals surface area contributed by atoms with Gasteiger partial charge in [0.05, 0.1) is 24.9 Å². The van der Waals surface area contributed by atoms with Crippen LogP contribution in [0.2, 0.25) is 0 Å². The van der Waals surface area contributed by atoms with Crippen LogP contribution in [0.1, 0.15) is 54.8 Å². The number of carbonyl (C=O) groups excluding carboxylic acids is 1. The van der Waals surface area contributed by atoms with Gasteiger partial charge in [-0.3, -0.25) is 4.79 Å². The van der Waals surface area contributed by atoms with Gasteiger partial charge in [0.25, 0.3) is 5.91 Å². The molecule has 1 aromatic heterocycles. The molecule has 1 aromatic carbocycles. The second kappa shape index (κ2) is 5.68. The van der Waals surface area contributed by atoms with E-state index in [1.165, 1.54) is 5.56 Å². The molecule has 2 aromatic rings. The Balaban J connectivity index is 1.77. The molecule has 1 atom stereocenters. The first-order chi connectivity index (χ1) is 10.9. The zero-order valence-corrected chi connectivity index (χ0v) is 14.0. The van der Waals surface area contributed by atoms with Crippen LogP contribution in [0.5, 0.6) is 5.75 Å². The monoisotopic (exact) mass is 314 g/mol. The molecular formula is C17H22N4O2. The number of fused-ring (bicyclic) bond motifs is 1. The van der Waals surface area contributed by atoms with E-state index in [-0.39, 0.29) is 17.5 Å². The molecule has 0 saturated heterocycles. The molecule has 0 aliphatic heterocycles. The lowest BCUT2D eigenvalue weighted by molar-refractivity contribution is 0.0931. The van der Waals surface area contributed by atoms with Crippen LogP contribution in [0.15, 0.2) is 24.4 Å². The second-order valence-electron chi connectivity index (χ2n) is 6.81. The van der Waals surface area contributed by atoms with Crippen LogP contribution in [-0.2, 0) is 12.0 Å². The number of ether oxygens (including phenoxy) is 1. The van der Waals surface area contributed by atoms with Crippen LogP contribution in [-0.4, -0.2) is 28.0 Å². The normalized spacial score (nSPS) is 17.0. The van der Waals surface area contributed by atoms with Gasteiger partial charge in [-0.1, -0.05) is 17.3 Å². The van der Waals surface area contributed by atoms with Gasteiger partial charge in [-0.05, 0) is 50.8 Å². The topological polar surface area (TPSA) is 69.0 Å². The summed E-state index contributed by atoms with van der Waals surface area (Å²) in [5.74, 6) is 0.694. The number of methoxy groups -OCH3 is 1. The highest BCUT2D eigenvalue weighted by Crippen LogP contribution is 2.36. The molecule has 1 amide bonds. The van der Waals surface area contributed by atoms with Crippen LogP contribution >= 0.6 is 0 Å². The van der Waals surface area contributed by atoms with E-state index in [1.807, 2.05) is 39.0 Å². The van der Waals surface area contributed by atoms with Gasteiger partial charge in [0.15, 0.2) is 5.69 Å². The van der Waals surface area contributed by atoms with E-state index in [0.29, 0.717) is 5.69 Å². The lowest BCUT2D eigenvalue weighted by Gasteiger charge is -2.17. The number of hydrogen-bond donors (Lipinski definition) is 1. The zero-order chi connectivity index (χ0) is 16.6. The lowest BCUT2D eigenvalue weighted by Crippen LogP contribution is -2.27. The number of aromatic nitrogens is 3. The number of hydrogen-bond acceptors (Lipinski definition) is 4. The van der Waals surface area contributed by atoms with E-state index in [1.54, 1.807) is 18.0 Å². The van der Waals surface area contributed by atoms with Crippen molar-refractivity contribution in [1.29, 1.82) is 0 Å². The van der Waals surface area contributed by atoms with E-state index in [2.05, 4.69) is 15.6 Å². The Labute approximate surface area is 135 Å². The number of rotatable bonds is 3. The molecule has 0 fully saturated rings. The largest absolute Gasteiger partial charge is 0.496 e. The van der Waals surface area contributed by atoms with Gasteiger partial charge in [0.1, 0.15) is 5.75 Å². The lowest BCUT2D eigenvalue weighted by atomic mass is 10.1. The maximum absolute atomic E-state index is 12.4. The van der Waals surface area contributed by atoms with Crippen molar-refractivity contribution >= 4 is 5.91 Å². The minimum atomic E-state index is -0.196. The molecule has 122 valence electrons. The molecule has 3 rings (SSSR count). The SMILES string of the molecule is COc1cccc2c1CCC2NC(=O)c1cn(C(C)(C)C)nn1. The predicted octanol–water partition coefficient (Wildman–Crippen LogP) is 2.46. The van der Waals surface area contributed by atoms with Crippen molar-refractivity contribution < 1.29 is 9.53 Å². The quantitative estimate of drug-likeness (QED) is 0.945. The summed E-state index contributed by atoms with van der Waals surface area (Å²) in [6.07, 6.45) is 3.46. The average molecular weight is 314 g/mol. The maximum atomic E-state index is 12.4. The molecule has 1 aliphatic carbocycles. The Bertz CT molecular complexity index is 730. The summed E-state index contributed by atoms with van der Waals surface area (Å²) >= 11 is 0. The molecular weight excluding hydrogens is 292 g/mol. The van der Waals surface area contributed by atoms with Crippen molar-refractivity contribution in [2.45, 2.75) is 45.2 Å². The van der Waals surface area contributed by atoms with Crippen LogP contribution in [0.25, 0.3) is 0 Å². The van der Waals surface area contributed by atoms with Gasteiger partial charge in [-0.15, -0.1) is 5.10 Å². The fourth-order valence-corrected chi connectivity index (χ4v) is 2.89. The molecule has 6 nitrogen and oxygen atoms in total. The van der Waals surface area contributed by atoms with Gasteiger partial charge in [0.2, 0.25) is 0 Å². The summed E-state index contributed by atoms with van der Waals surface area (Å²) in [7, 11) is 1.67. The fourth-order valence-electron chi connectivity index (χ4n) is 2.89. The highest BCUT2D eigenvalue weighted by molar-refractivity contribution is 5.92. The molecule has 6 heteroatoms. The Morgan fingerprint density at radius 3 is 2.83 bits per heavy atom. The molecule has 1 unspecified atom stereocenters. The standard InChI is InChI=1S/C17H22N4O2/c1-17(2,3)21-10-14(19-20-21)16(22)18-13-9-8-12-11(13)6-5-7-15(12)23-4/h5-7,10,13H,8-9H2,1-4H3,(H,18,22). The van der Waals surface area contributed by atoms with Gasteiger partial charge < -0.3 is 10.1 Å². The first-order valence-corrected chi connectivity index (χ1v) is 7.79. The van der Waals surface area contributed by atoms with Crippen molar-refractivity contribution in [3.05, 3.63) is 41.2 Å². The van der Waals surface area contributed by atoms with E-state index in [9.17, 15) is 4.79 Å². The van der Waals surface area contributed by atoms with Crippen molar-refractivity contribution in [1.82, 2.24) is 20.3 Å². The van der Waals surface area contributed by atoms with Crippen LogP contribution in [0.4, 0.5) is 0 Å². The summed E-state index contributed by atoms with van der Waals surface area (Å²) in [6.45, 7) is 6.05. The van der Waals surface area contributed by atoms with E-state index in [4.69, 9.17) is 4.74 Å².